The Labute approximate surface area is 289 Å². The Bertz CT molecular complexity index is 2800. The minimum absolute atomic E-state index is 0.0156. The van der Waals surface area contributed by atoms with Gasteiger partial charge in [-0.15, -0.1) is 0 Å². The molecule has 0 radical (unpaired) electrons. The third-order valence-corrected chi connectivity index (χ3v) is 9.19. The molecule has 3 aromatic carbocycles. The number of carboxylic acids is 4. The molecule has 1 aliphatic carbocycles. The van der Waals surface area contributed by atoms with E-state index in [0.717, 1.165) is 0 Å². The minimum Gasteiger partial charge on any atom is -0.478 e. The van der Waals surface area contributed by atoms with E-state index in [1.165, 1.54) is 42.5 Å². The van der Waals surface area contributed by atoms with Crippen LogP contribution in [0.15, 0.2) is 78.4 Å². The summed E-state index contributed by atoms with van der Waals surface area (Å²) in [7, 11) is 0. The second-order valence-electron chi connectivity index (χ2n) is 12.2. The summed E-state index contributed by atoms with van der Waals surface area (Å²) in [5.74, 6) is -4.61. The molecular weight excluding hydrogens is 672 g/mol. The lowest BCUT2D eigenvalue weighted by molar-refractivity contribution is -0.132. The fraction of sp³-hybridized carbons (Fsp3) is 0.0556. The van der Waals surface area contributed by atoms with E-state index in [2.05, 4.69) is 9.97 Å². The highest BCUT2D eigenvalue weighted by Gasteiger charge is 2.35. The molecule has 252 valence electrons. The van der Waals surface area contributed by atoms with E-state index in [0.29, 0.717) is 44.7 Å². The Balaban J connectivity index is 1.43. The molecule has 5 aromatic rings. The Morgan fingerprint density at radius 2 is 1.00 bits per heavy atom. The molecule has 5 heterocycles. The number of fused-ring (bicyclic) bond motifs is 20. The Morgan fingerprint density at radius 1 is 0.500 bits per heavy atom. The van der Waals surface area contributed by atoms with Crippen molar-refractivity contribution in [3.63, 3.8) is 0 Å². The van der Waals surface area contributed by atoms with Gasteiger partial charge in [-0.2, -0.15) is 0 Å². The number of aromatic nitrogens is 8. The van der Waals surface area contributed by atoms with Gasteiger partial charge in [0.2, 0.25) is 0 Å². The molecule has 0 saturated heterocycles. The van der Waals surface area contributed by atoms with Crippen molar-refractivity contribution in [2.75, 3.05) is 0 Å². The first-order valence-electron chi connectivity index (χ1n) is 15.6. The van der Waals surface area contributed by atoms with Crippen LogP contribution in [0.2, 0.25) is 0 Å². The lowest BCUT2D eigenvalue weighted by atomic mass is 9.86. The lowest BCUT2D eigenvalue weighted by Crippen LogP contribution is -2.11. The van der Waals surface area contributed by atoms with Crippen LogP contribution < -0.4 is 0 Å². The summed E-state index contributed by atoms with van der Waals surface area (Å²) in [5, 5.41) is 40.0. The molecule has 2 aromatic heterocycles. The van der Waals surface area contributed by atoms with Gasteiger partial charge in [0.1, 0.15) is 22.9 Å². The number of hydrogen-bond acceptors (Lipinski definition) is 10. The number of aliphatic carboxylic acids is 1. The van der Waals surface area contributed by atoms with Crippen molar-refractivity contribution in [1.82, 2.24) is 39.9 Å². The number of aromatic carboxylic acids is 3. The van der Waals surface area contributed by atoms with Crippen LogP contribution in [-0.2, 0) is 4.79 Å². The highest BCUT2D eigenvalue weighted by molar-refractivity contribution is 6.08. The molecule has 2 atom stereocenters. The molecule has 3 aliphatic heterocycles. The van der Waals surface area contributed by atoms with Gasteiger partial charge in [-0.25, -0.2) is 49.1 Å². The normalized spacial score (nSPS) is 16.0. The molecular formula is C36H20N8O8. The van der Waals surface area contributed by atoms with Crippen molar-refractivity contribution in [3.8, 4) is 45.6 Å². The summed E-state index contributed by atoms with van der Waals surface area (Å²) in [6.07, 6.45) is 4.69. The number of rotatable bonds is 4. The molecule has 0 saturated carbocycles. The first-order valence-corrected chi connectivity index (χ1v) is 15.6. The monoisotopic (exact) mass is 692 g/mol. The average Bonchev–Trinajstić information content (AvgIpc) is 3.85. The van der Waals surface area contributed by atoms with E-state index in [1.54, 1.807) is 30.4 Å². The highest BCUT2D eigenvalue weighted by atomic mass is 16.4. The predicted molar refractivity (Wildman–Crippen MR) is 181 cm³/mol. The van der Waals surface area contributed by atoms with Gasteiger partial charge in [0.05, 0.1) is 22.3 Å². The Hall–Kier alpha value is -7.62. The smallest absolute Gasteiger partial charge is 0.335 e. The summed E-state index contributed by atoms with van der Waals surface area (Å²) in [5.41, 5.74) is 2.05. The lowest BCUT2D eigenvalue weighted by Gasteiger charge is -2.16. The minimum atomic E-state index is -1.17. The summed E-state index contributed by atoms with van der Waals surface area (Å²) < 4.78 is 0. The third-order valence-electron chi connectivity index (χ3n) is 9.19. The van der Waals surface area contributed by atoms with Gasteiger partial charge in [-0.05, 0) is 54.6 Å². The summed E-state index contributed by atoms with van der Waals surface area (Å²) in [6, 6.07) is 13.2. The number of carbonyl (C=O) groups is 4. The van der Waals surface area contributed by atoms with Crippen molar-refractivity contribution < 1.29 is 39.6 Å². The van der Waals surface area contributed by atoms with Crippen LogP contribution in [0.5, 0.6) is 0 Å². The second kappa shape index (κ2) is 10.9. The quantitative estimate of drug-likeness (QED) is 0.142. The van der Waals surface area contributed by atoms with Crippen LogP contribution in [0.4, 0.5) is 0 Å². The zero-order chi connectivity index (χ0) is 36.0. The maximum atomic E-state index is 12.0. The number of allylic oxidation sites excluding steroid dienone is 2. The number of H-pyrrole nitrogens is 2. The molecule has 52 heavy (non-hydrogen) atoms. The number of aromatic amines is 2. The summed E-state index contributed by atoms with van der Waals surface area (Å²) in [6.45, 7) is 0. The van der Waals surface area contributed by atoms with Crippen LogP contribution in [-0.4, -0.2) is 84.2 Å². The fourth-order valence-electron chi connectivity index (χ4n) is 6.68. The molecule has 6 N–H and O–H groups in total. The molecule has 2 unspecified atom stereocenters. The summed E-state index contributed by atoms with van der Waals surface area (Å²) in [4.78, 5) is 83.0. The van der Waals surface area contributed by atoms with Crippen molar-refractivity contribution in [2.45, 2.75) is 11.8 Å². The fourth-order valence-corrected chi connectivity index (χ4v) is 6.68. The van der Waals surface area contributed by atoms with Gasteiger partial charge in [0, 0.05) is 44.9 Å². The van der Waals surface area contributed by atoms with E-state index < -0.39 is 35.7 Å². The molecule has 4 aliphatic rings. The zero-order valence-electron chi connectivity index (χ0n) is 26.2. The number of benzene rings is 3. The van der Waals surface area contributed by atoms with Crippen LogP contribution in [0, 0.1) is 0 Å². The van der Waals surface area contributed by atoms with E-state index in [4.69, 9.17) is 29.9 Å². The van der Waals surface area contributed by atoms with Crippen molar-refractivity contribution in [2.24, 2.45) is 0 Å². The van der Waals surface area contributed by atoms with Crippen molar-refractivity contribution in [1.29, 1.82) is 0 Å². The number of nitrogens with zero attached hydrogens (tertiary/aromatic N) is 6. The largest absolute Gasteiger partial charge is 0.478 e. The number of hydrogen-bond donors (Lipinski definition) is 6. The first kappa shape index (κ1) is 30.4. The topological polar surface area (TPSA) is 258 Å². The molecule has 16 heteroatoms. The second-order valence-corrected chi connectivity index (χ2v) is 12.2. The Morgan fingerprint density at radius 3 is 1.60 bits per heavy atom. The van der Waals surface area contributed by atoms with Crippen molar-refractivity contribution >= 4 is 45.9 Å². The van der Waals surface area contributed by atoms with Gasteiger partial charge in [-0.1, -0.05) is 18.2 Å². The molecule has 0 fully saturated rings. The van der Waals surface area contributed by atoms with Gasteiger partial charge in [0.15, 0.2) is 23.3 Å². The third kappa shape index (κ3) is 4.69. The van der Waals surface area contributed by atoms with Gasteiger partial charge in [-0.3, -0.25) is 0 Å². The van der Waals surface area contributed by atoms with E-state index in [1.807, 2.05) is 0 Å². The maximum absolute atomic E-state index is 12.0. The molecule has 16 nitrogen and oxygen atoms in total. The van der Waals surface area contributed by atoms with E-state index >= 15 is 0 Å². The average molecular weight is 693 g/mol. The van der Waals surface area contributed by atoms with E-state index in [9.17, 15) is 39.6 Å². The van der Waals surface area contributed by atoms with Gasteiger partial charge >= 0.3 is 23.9 Å². The Kier molecular flexibility index (Phi) is 6.41. The van der Waals surface area contributed by atoms with Crippen molar-refractivity contribution in [3.05, 3.63) is 107 Å². The first-order chi connectivity index (χ1) is 25.0. The van der Waals surface area contributed by atoms with Crippen LogP contribution >= 0.6 is 0 Å². The molecule has 0 spiro atoms. The van der Waals surface area contributed by atoms with Crippen LogP contribution in [0.25, 0.3) is 67.6 Å². The van der Waals surface area contributed by atoms with Gasteiger partial charge in [0.25, 0.3) is 0 Å². The number of nitrogens with one attached hydrogen (secondary N) is 2. The van der Waals surface area contributed by atoms with E-state index in [-0.39, 0.29) is 56.9 Å². The molecule has 9 rings (SSSR count). The standard InChI is InChI=1S/C36H20N8O8/c45-33(46)13-1-5-17-21(9-13)29-37-25(17)41-30-22-10-14(34(47)48)2-6-18(22)27(38-30)43-32-24-12-16(36(51)52)4-8-20(24)28(40-32)44-31-23-11-15(35(49)50)3-7-19(23)26(39-31)42-29/h1-12,17,21H,(H,45,46)(H,47,48)(H,49,50)(H,51,52)(H2,37,38,39,40,41,42,43,44). The molecule has 0 amide bonds. The SMILES string of the molecule is O=C(O)C1=CC2c3nc4nc(nc5[nH]c(nc6nc(nc([nH]3)C2C=C1)-c1cc(C(=O)O)ccc1-6)c1cc(C(=O)O)ccc51)-c1cc(C(=O)O)ccc1-4. The zero-order valence-corrected chi connectivity index (χ0v) is 26.2. The van der Waals surface area contributed by atoms with Crippen LogP contribution in [0.3, 0.4) is 0 Å². The predicted octanol–water partition coefficient (Wildman–Crippen LogP) is 4.98. The number of carboxylic acid groups (broad SMARTS) is 4. The van der Waals surface area contributed by atoms with Crippen LogP contribution in [0.1, 0.15) is 54.6 Å². The highest BCUT2D eigenvalue weighted by Crippen LogP contribution is 2.43. The molecule has 8 bridgehead atoms. The summed E-state index contributed by atoms with van der Waals surface area (Å²) >= 11 is 0. The maximum Gasteiger partial charge on any atom is 0.335 e. The van der Waals surface area contributed by atoms with Gasteiger partial charge < -0.3 is 30.4 Å².